The van der Waals surface area contributed by atoms with E-state index in [1.165, 1.54) is 29.2 Å². The maximum absolute atomic E-state index is 13.4. The van der Waals surface area contributed by atoms with Gasteiger partial charge >= 0.3 is 6.36 Å². The Morgan fingerprint density at radius 2 is 1.79 bits per heavy atom. The van der Waals surface area contributed by atoms with Crippen LogP contribution in [-0.4, -0.2) is 38.8 Å². The molecule has 1 aliphatic heterocycles. The van der Waals surface area contributed by atoms with Gasteiger partial charge in [0.15, 0.2) is 6.10 Å². The molecule has 7 nitrogen and oxygen atoms in total. The van der Waals surface area contributed by atoms with E-state index >= 15 is 0 Å². The summed E-state index contributed by atoms with van der Waals surface area (Å²) in [5.74, 6) is -0.526. The summed E-state index contributed by atoms with van der Waals surface area (Å²) < 4.78 is 42.2. The fourth-order valence-corrected chi connectivity index (χ4v) is 5.95. The Balaban J connectivity index is 1.21. The van der Waals surface area contributed by atoms with Crippen LogP contribution < -0.4 is 10.3 Å². The number of H-pyrrole nitrogens is 1. The highest BCUT2D eigenvalue weighted by molar-refractivity contribution is 6.31. The number of aromatic nitrogens is 2. The molecule has 2 aliphatic rings. The van der Waals surface area contributed by atoms with Crippen molar-refractivity contribution in [1.82, 2.24) is 14.9 Å². The van der Waals surface area contributed by atoms with Crippen LogP contribution in [-0.2, 0) is 23.2 Å². The van der Waals surface area contributed by atoms with Gasteiger partial charge in [0.05, 0.1) is 23.2 Å². The molecule has 12 heteroatoms. The molecule has 43 heavy (non-hydrogen) atoms. The van der Waals surface area contributed by atoms with E-state index in [0.29, 0.717) is 39.7 Å². The number of aliphatic hydroxyl groups excluding tert-OH is 1. The van der Waals surface area contributed by atoms with E-state index < -0.39 is 29.5 Å². The number of hydrogen-bond acceptors (Lipinski definition) is 5. The summed E-state index contributed by atoms with van der Waals surface area (Å²) in [6.45, 7) is 0.221. The lowest BCUT2D eigenvalue weighted by Crippen LogP contribution is -2.42. The van der Waals surface area contributed by atoms with Gasteiger partial charge in [0, 0.05) is 23.0 Å². The van der Waals surface area contributed by atoms with Crippen LogP contribution in [0.15, 0.2) is 71.5 Å². The van der Waals surface area contributed by atoms with Crippen LogP contribution in [0, 0.1) is 0 Å². The molecule has 1 saturated carbocycles. The lowest BCUT2D eigenvalue weighted by Gasteiger charge is -2.30. The Morgan fingerprint density at radius 1 is 1.02 bits per heavy atom. The lowest BCUT2D eigenvalue weighted by atomic mass is 9.94. The van der Waals surface area contributed by atoms with Crippen molar-refractivity contribution in [2.75, 3.05) is 6.54 Å². The van der Waals surface area contributed by atoms with Gasteiger partial charge in [0.25, 0.3) is 11.5 Å². The highest BCUT2D eigenvalue weighted by Gasteiger charge is 2.49. The molecule has 0 bridgehead atoms. The van der Waals surface area contributed by atoms with Gasteiger partial charge in [-0.1, -0.05) is 53.5 Å². The first-order valence-electron chi connectivity index (χ1n) is 13.4. The molecule has 1 atom stereocenters. The topological polar surface area (TPSA) is 95.5 Å². The molecule has 4 aromatic rings. The zero-order valence-corrected chi connectivity index (χ0v) is 23.9. The summed E-state index contributed by atoms with van der Waals surface area (Å²) in [6.07, 6.45) is -4.47. The van der Waals surface area contributed by atoms with E-state index in [4.69, 9.17) is 28.2 Å². The lowest BCUT2D eigenvalue weighted by molar-refractivity contribution is -0.274. The molecular formula is C31H24Cl2F3N3O4. The number of rotatable bonds is 6. The van der Waals surface area contributed by atoms with Gasteiger partial charge in [-0.25, -0.2) is 4.98 Å². The molecule has 3 aromatic carbocycles. The van der Waals surface area contributed by atoms with Crippen LogP contribution in [0.3, 0.4) is 0 Å². The minimum Gasteiger partial charge on any atom is -0.406 e. The van der Waals surface area contributed by atoms with Crippen molar-refractivity contribution in [3.05, 3.63) is 115 Å². The number of carbonyl (C=O) groups excluding carboxylic acids is 1. The van der Waals surface area contributed by atoms with Crippen LogP contribution in [0.1, 0.15) is 47.2 Å². The number of aliphatic hydroxyl groups is 1. The van der Waals surface area contributed by atoms with E-state index in [1.54, 1.807) is 18.2 Å². The average Bonchev–Trinajstić information content (AvgIpc) is 3.77. The molecule has 0 radical (unpaired) electrons. The van der Waals surface area contributed by atoms with Gasteiger partial charge < -0.3 is 19.7 Å². The van der Waals surface area contributed by atoms with E-state index in [0.717, 1.165) is 24.5 Å². The number of hydrogen-bond donors (Lipinski definition) is 2. The van der Waals surface area contributed by atoms with Gasteiger partial charge in [-0.3, -0.25) is 9.59 Å². The highest BCUT2D eigenvalue weighted by Crippen LogP contribution is 2.52. The number of aromatic amines is 1. The molecule has 222 valence electrons. The number of halogens is 5. The number of benzene rings is 3. The summed E-state index contributed by atoms with van der Waals surface area (Å²) >= 11 is 12.2. The molecule has 0 unspecified atom stereocenters. The van der Waals surface area contributed by atoms with Gasteiger partial charge in [-0.05, 0) is 71.5 Å². The third-order valence-electron chi connectivity index (χ3n) is 7.84. The quantitative estimate of drug-likeness (QED) is 0.259. The molecule has 2 heterocycles. The molecule has 6 rings (SSSR count). The Hall–Kier alpha value is -3.86. The van der Waals surface area contributed by atoms with Crippen LogP contribution in [0.5, 0.6) is 5.75 Å². The van der Waals surface area contributed by atoms with Gasteiger partial charge in [0.2, 0.25) is 0 Å². The third-order valence-corrected chi connectivity index (χ3v) is 8.29. The number of amides is 1. The second-order valence-electron chi connectivity index (χ2n) is 10.7. The fourth-order valence-electron chi connectivity index (χ4n) is 5.54. The van der Waals surface area contributed by atoms with Crippen molar-refractivity contribution < 1.29 is 27.8 Å². The second-order valence-corrected chi connectivity index (χ2v) is 11.6. The number of ether oxygens (including phenoxy) is 1. The molecule has 1 fully saturated rings. The van der Waals surface area contributed by atoms with E-state index in [1.807, 2.05) is 18.2 Å². The van der Waals surface area contributed by atoms with Gasteiger partial charge in [-0.15, -0.1) is 13.2 Å². The van der Waals surface area contributed by atoms with Crippen molar-refractivity contribution in [2.24, 2.45) is 0 Å². The van der Waals surface area contributed by atoms with Gasteiger partial charge in [-0.2, -0.15) is 0 Å². The molecular weight excluding hydrogens is 606 g/mol. The summed E-state index contributed by atoms with van der Waals surface area (Å²) in [4.78, 5) is 35.7. The van der Waals surface area contributed by atoms with Crippen LogP contribution in [0.4, 0.5) is 13.2 Å². The summed E-state index contributed by atoms with van der Waals surface area (Å²) in [6, 6.07) is 17.4. The number of alkyl halides is 3. The minimum absolute atomic E-state index is 0.0212. The predicted octanol–water partition coefficient (Wildman–Crippen LogP) is 6.34. The molecule has 1 aliphatic carbocycles. The number of nitrogens with one attached hydrogen (secondary N) is 1. The van der Waals surface area contributed by atoms with Crippen molar-refractivity contribution >= 4 is 29.1 Å². The Labute approximate surface area is 253 Å². The largest absolute Gasteiger partial charge is 0.573 e. The summed E-state index contributed by atoms with van der Waals surface area (Å²) in [5.41, 5.74) is 2.20. The maximum atomic E-state index is 13.4. The first-order valence-corrected chi connectivity index (χ1v) is 14.2. The molecule has 1 aromatic heterocycles. The zero-order chi connectivity index (χ0) is 30.5. The van der Waals surface area contributed by atoms with Crippen LogP contribution in [0.25, 0.3) is 11.1 Å². The summed E-state index contributed by atoms with van der Waals surface area (Å²) in [5, 5.41) is 11.6. The molecule has 2 N–H and O–H groups in total. The Morgan fingerprint density at radius 3 is 2.51 bits per heavy atom. The SMILES string of the molecule is O=C([C@H](O)c1cccc(-c2cc(Cl)cc(OC(F)(F)F)c2)c1)N1CCc2nc(C3(c4cccc(Cl)c4)CC3)[nH]c(=O)c2C1. The van der Waals surface area contributed by atoms with Crippen molar-refractivity contribution in [3.63, 3.8) is 0 Å². The maximum Gasteiger partial charge on any atom is 0.573 e. The first-order chi connectivity index (χ1) is 20.4. The monoisotopic (exact) mass is 629 g/mol. The number of nitrogens with zero attached hydrogens (tertiary/aromatic N) is 2. The molecule has 0 spiro atoms. The Kier molecular flexibility index (Phi) is 7.48. The highest BCUT2D eigenvalue weighted by atomic mass is 35.5. The van der Waals surface area contributed by atoms with Crippen molar-refractivity contribution in [1.29, 1.82) is 0 Å². The normalized spacial score (nSPS) is 16.4. The summed E-state index contributed by atoms with van der Waals surface area (Å²) in [7, 11) is 0. The van der Waals surface area contributed by atoms with Crippen LogP contribution in [0.2, 0.25) is 10.0 Å². The smallest absolute Gasteiger partial charge is 0.406 e. The van der Waals surface area contributed by atoms with Crippen molar-refractivity contribution in [3.8, 4) is 16.9 Å². The van der Waals surface area contributed by atoms with E-state index in [-0.39, 0.29) is 29.2 Å². The van der Waals surface area contributed by atoms with Crippen LogP contribution >= 0.6 is 23.2 Å². The zero-order valence-electron chi connectivity index (χ0n) is 22.4. The fraction of sp³-hybridized carbons (Fsp3) is 0.258. The standard InChI is InChI=1S/C31H24Cl2F3N3O4/c32-21-6-2-5-20(14-21)30(8-9-30)29-37-25-7-10-39(16-24(25)27(41)38-29)28(42)26(40)18-4-1-3-17(11-18)19-12-22(33)15-23(13-19)43-31(34,35)36/h1-6,11-15,26,40H,7-10,16H2,(H,37,38,41)/t26-/m1/s1. The Bertz CT molecular complexity index is 1790. The second kappa shape index (κ2) is 11.0. The van der Waals surface area contributed by atoms with Gasteiger partial charge in [0.1, 0.15) is 11.6 Å². The first kappa shape index (κ1) is 29.2. The predicted molar refractivity (Wildman–Crippen MR) is 154 cm³/mol. The van der Waals surface area contributed by atoms with E-state index in [9.17, 15) is 27.9 Å². The average molecular weight is 630 g/mol. The molecule has 1 amide bonds. The number of fused-ring (bicyclic) bond motifs is 1. The van der Waals surface area contributed by atoms with Crippen molar-refractivity contribution in [2.45, 2.75) is 43.7 Å². The third kappa shape index (κ3) is 6.00. The minimum atomic E-state index is -4.90. The van der Waals surface area contributed by atoms with E-state index in [2.05, 4.69) is 9.72 Å². The number of carbonyl (C=O) groups is 1. The molecule has 0 saturated heterocycles.